The van der Waals surface area contributed by atoms with Crippen LogP contribution in [0, 0.1) is 46.3 Å². The summed E-state index contributed by atoms with van der Waals surface area (Å²) in [6, 6.07) is 5.43. The standard InChI is InChI=1S/C56H93NO5/c1-8-10-12-14-16-18-20-22-37-60-51-32-27-44(39-52(51)61-38-23-21-19-17-15-13-11-9-2)54(59)57-41-53(58)62-46-33-35-55(6)45(40-46)28-29-47-49-31-30-48(43(5)26-24-25-42(3)4)56(49,7)36-34-50(47)55/h27-28,32,39,42-43,46-50H,8-26,29-31,33-38,40-41H2,1-7H3,(H,57,59)/t43-,46+,47+,48-,49+,50+,55+,56-/m1/s1. The molecular weight excluding hydrogens is 767 g/mol. The van der Waals surface area contributed by atoms with E-state index in [0.717, 1.165) is 80.5 Å². The fourth-order valence-electron chi connectivity index (χ4n) is 13.0. The number of rotatable bonds is 29. The number of ether oxygens (including phenoxy) is 3. The molecule has 1 aromatic carbocycles. The summed E-state index contributed by atoms with van der Waals surface area (Å²) >= 11 is 0. The largest absolute Gasteiger partial charge is 0.490 e. The van der Waals surface area contributed by atoms with Crippen molar-refractivity contribution in [1.29, 1.82) is 0 Å². The van der Waals surface area contributed by atoms with E-state index in [-0.39, 0.29) is 29.9 Å². The molecule has 3 saturated carbocycles. The van der Waals surface area contributed by atoms with Crippen molar-refractivity contribution in [1.82, 2.24) is 5.32 Å². The molecule has 5 rings (SSSR count). The third kappa shape index (κ3) is 14.2. The quantitative estimate of drug-likeness (QED) is 0.0493. The van der Waals surface area contributed by atoms with Crippen LogP contribution in [0.2, 0.25) is 0 Å². The van der Waals surface area contributed by atoms with Crippen LogP contribution in [0.25, 0.3) is 0 Å². The van der Waals surface area contributed by atoms with Gasteiger partial charge in [0.05, 0.1) is 13.2 Å². The third-order valence-corrected chi connectivity index (χ3v) is 16.7. The minimum absolute atomic E-state index is 0.125. The van der Waals surface area contributed by atoms with Gasteiger partial charge in [0.1, 0.15) is 12.6 Å². The molecule has 1 aromatic rings. The van der Waals surface area contributed by atoms with Crippen molar-refractivity contribution in [2.45, 2.75) is 228 Å². The van der Waals surface area contributed by atoms with Gasteiger partial charge in [-0.3, -0.25) is 9.59 Å². The smallest absolute Gasteiger partial charge is 0.325 e. The van der Waals surface area contributed by atoms with Gasteiger partial charge in [-0.15, -0.1) is 0 Å². The number of esters is 1. The van der Waals surface area contributed by atoms with E-state index in [1.165, 1.54) is 134 Å². The average molecular weight is 860 g/mol. The topological polar surface area (TPSA) is 73.9 Å². The summed E-state index contributed by atoms with van der Waals surface area (Å²) in [5, 5.41) is 2.85. The zero-order valence-electron chi connectivity index (χ0n) is 41.1. The van der Waals surface area contributed by atoms with Crippen molar-refractivity contribution in [3.63, 3.8) is 0 Å². The summed E-state index contributed by atoms with van der Waals surface area (Å²) < 4.78 is 18.6. The van der Waals surface area contributed by atoms with E-state index in [1.54, 1.807) is 12.1 Å². The Morgan fingerprint density at radius 3 is 1.98 bits per heavy atom. The fourth-order valence-corrected chi connectivity index (χ4v) is 13.0. The van der Waals surface area contributed by atoms with Crippen LogP contribution in [-0.4, -0.2) is 37.7 Å². The minimum Gasteiger partial charge on any atom is -0.490 e. The molecule has 0 heterocycles. The van der Waals surface area contributed by atoms with Gasteiger partial charge in [-0.1, -0.05) is 169 Å². The molecule has 0 bridgehead atoms. The molecule has 0 saturated heterocycles. The van der Waals surface area contributed by atoms with Gasteiger partial charge in [-0.25, -0.2) is 0 Å². The molecule has 62 heavy (non-hydrogen) atoms. The maximum atomic E-state index is 13.4. The fraction of sp³-hybridized carbons (Fsp3) is 0.821. The second-order valence-electron chi connectivity index (χ2n) is 21.6. The molecule has 1 N–H and O–H groups in total. The van der Waals surface area contributed by atoms with Gasteiger partial charge in [-0.2, -0.15) is 0 Å². The predicted molar refractivity (Wildman–Crippen MR) is 258 cm³/mol. The van der Waals surface area contributed by atoms with E-state index in [4.69, 9.17) is 14.2 Å². The molecule has 0 radical (unpaired) electrons. The van der Waals surface area contributed by atoms with Crippen molar-refractivity contribution in [3.8, 4) is 11.5 Å². The van der Waals surface area contributed by atoms with Gasteiger partial charge < -0.3 is 19.5 Å². The molecule has 3 fully saturated rings. The number of carbonyl (C=O) groups excluding carboxylic acids is 2. The first kappa shape index (κ1) is 50.5. The van der Waals surface area contributed by atoms with Crippen molar-refractivity contribution in [2.75, 3.05) is 19.8 Å². The lowest BCUT2D eigenvalue weighted by Gasteiger charge is -2.58. The van der Waals surface area contributed by atoms with Gasteiger partial charge in [0.15, 0.2) is 11.5 Å². The van der Waals surface area contributed by atoms with E-state index in [2.05, 4.69) is 59.9 Å². The first-order chi connectivity index (χ1) is 30.0. The first-order valence-corrected chi connectivity index (χ1v) is 26.6. The second kappa shape index (κ2) is 25.8. The number of fused-ring (bicyclic) bond motifs is 5. The molecule has 0 unspecified atom stereocenters. The van der Waals surface area contributed by atoms with Crippen molar-refractivity contribution < 1.29 is 23.8 Å². The molecular formula is C56H93NO5. The van der Waals surface area contributed by atoms with Crippen molar-refractivity contribution in [2.24, 2.45) is 46.3 Å². The number of nitrogens with one attached hydrogen (secondary N) is 1. The molecule has 4 aliphatic carbocycles. The number of carbonyl (C=O) groups is 2. The monoisotopic (exact) mass is 860 g/mol. The number of benzene rings is 1. The molecule has 6 nitrogen and oxygen atoms in total. The second-order valence-corrected chi connectivity index (χ2v) is 21.6. The van der Waals surface area contributed by atoms with Crippen LogP contribution in [-0.2, 0) is 9.53 Å². The van der Waals surface area contributed by atoms with E-state index >= 15 is 0 Å². The zero-order chi connectivity index (χ0) is 44.4. The first-order valence-electron chi connectivity index (χ1n) is 26.6. The summed E-state index contributed by atoms with van der Waals surface area (Å²) in [5.74, 6) is 5.52. The Hall–Kier alpha value is -2.50. The zero-order valence-corrected chi connectivity index (χ0v) is 41.1. The SMILES string of the molecule is CCCCCCCCCCOc1ccc(C(=O)NCC(=O)O[C@H]2CC[C@@]3(C)C(=CC[C@H]4[C@@H]5CC[C@H]([C@H](C)CCCC(C)C)[C@@]5(C)CC[C@@H]43)C2)cc1OCCCCCCCCCC. The lowest BCUT2D eigenvalue weighted by atomic mass is 9.47. The number of allylic oxidation sites excluding steroid dienone is 1. The van der Waals surface area contributed by atoms with Crippen LogP contribution in [0.15, 0.2) is 29.8 Å². The number of hydrogen-bond donors (Lipinski definition) is 1. The van der Waals surface area contributed by atoms with Gasteiger partial charge in [0.25, 0.3) is 5.91 Å². The molecule has 352 valence electrons. The molecule has 0 aromatic heterocycles. The average Bonchev–Trinajstić information content (AvgIpc) is 3.62. The summed E-state index contributed by atoms with van der Waals surface area (Å²) in [4.78, 5) is 26.7. The Morgan fingerprint density at radius 2 is 1.34 bits per heavy atom. The lowest BCUT2D eigenvalue weighted by molar-refractivity contribution is -0.150. The van der Waals surface area contributed by atoms with Gasteiger partial charge in [0, 0.05) is 12.0 Å². The molecule has 1 amide bonds. The van der Waals surface area contributed by atoms with Gasteiger partial charge >= 0.3 is 5.97 Å². The molecule has 0 spiro atoms. The lowest BCUT2D eigenvalue weighted by Crippen LogP contribution is -2.51. The molecule has 4 aliphatic rings. The highest BCUT2D eigenvalue weighted by molar-refractivity contribution is 5.96. The van der Waals surface area contributed by atoms with Crippen LogP contribution in [0.4, 0.5) is 0 Å². The highest BCUT2D eigenvalue weighted by Gasteiger charge is 2.59. The molecule has 8 atom stereocenters. The van der Waals surface area contributed by atoms with E-state index in [9.17, 15) is 9.59 Å². The number of hydrogen-bond acceptors (Lipinski definition) is 5. The Kier molecular flexibility index (Phi) is 21.1. The van der Waals surface area contributed by atoms with Crippen molar-refractivity contribution in [3.05, 3.63) is 35.4 Å². The van der Waals surface area contributed by atoms with Crippen LogP contribution in [0.3, 0.4) is 0 Å². The van der Waals surface area contributed by atoms with E-state index in [1.807, 2.05) is 6.07 Å². The maximum Gasteiger partial charge on any atom is 0.325 e. The highest BCUT2D eigenvalue weighted by atomic mass is 16.5. The van der Waals surface area contributed by atoms with Gasteiger partial charge in [0.2, 0.25) is 0 Å². The minimum atomic E-state index is -0.356. The van der Waals surface area contributed by atoms with E-state index < -0.39 is 0 Å². The normalized spacial score (nSPS) is 27.2. The Labute approximate surface area is 380 Å². The number of unbranched alkanes of at least 4 members (excludes halogenated alkanes) is 14. The summed E-state index contributed by atoms with van der Waals surface area (Å²) in [7, 11) is 0. The number of amides is 1. The maximum absolute atomic E-state index is 13.4. The van der Waals surface area contributed by atoms with E-state index in [0.29, 0.717) is 35.7 Å². The predicted octanol–water partition coefficient (Wildman–Crippen LogP) is 15.4. The molecule has 0 aliphatic heterocycles. The van der Waals surface area contributed by atoms with Crippen LogP contribution in [0.1, 0.15) is 232 Å². The Morgan fingerprint density at radius 1 is 0.710 bits per heavy atom. The van der Waals surface area contributed by atoms with Crippen molar-refractivity contribution >= 4 is 11.9 Å². The molecule has 6 heteroatoms. The third-order valence-electron chi connectivity index (χ3n) is 16.7. The summed E-state index contributed by atoms with van der Waals surface area (Å²) in [6.45, 7) is 18.1. The summed E-state index contributed by atoms with van der Waals surface area (Å²) in [5.41, 5.74) is 2.69. The highest BCUT2D eigenvalue weighted by Crippen LogP contribution is 2.67. The Bertz CT molecular complexity index is 1520. The van der Waals surface area contributed by atoms with Crippen LogP contribution < -0.4 is 14.8 Å². The Balaban J connectivity index is 1.09. The van der Waals surface area contributed by atoms with Crippen LogP contribution >= 0.6 is 0 Å². The van der Waals surface area contributed by atoms with Crippen LogP contribution in [0.5, 0.6) is 11.5 Å². The van der Waals surface area contributed by atoms with Gasteiger partial charge in [-0.05, 0) is 122 Å². The summed E-state index contributed by atoms with van der Waals surface area (Å²) in [6.07, 6.45) is 36.0.